The first-order valence-corrected chi connectivity index (χ1v) is 6.16. The first-order chi connectivity index (χ1) is 6.63. The van der Waals surface area contributed by atoms with E-state index in [0.717, 1.165) is 22.3 Å². The van der Waals surface area contributed by atoms with Crippen LogP contribution >= 0.6 is 22.9 Å². The van der Waals surface area contributed by atoms with Gasteiger partial charge in [-0.25, -0.2) is 4.98 Å². The molecule has 0 aliphatic carbocycles. The SMILES string of the molecule is CCC(NCc1ncc(Cl)s1)C(C)C. The third-order valence-corrected chi connectivity index (χ3v) is 3.40. The molecule has 1 aromatic rings. The highest BCUT2D eigenvalue weighted by atomic mass is 35.5. The standard InChI is InChI=1S/C10H17ClN2S/c1-4-8(7(2)3)12-6-10-13-5-9(11)14-10/h5,7-8,12H,4,6H2,1-3H3. The van der Waals surface area contributed by atoms with Crippen LogP contribution in [-0.2, 0) is 6.54 Å². The summed E-state index contributed by atoms with van der Waals surface area (Å²) in [6.45, 7) is 7.49. The van der Waals surface area contributed by atoms with Crippen LogP contribution in [0.25, 0.3) is 0 Å². The summed E-state index contributed by atoms with van der Waals surface area (Å²) in [5.74, 6) is 0.662. The molecule has 0 aliphatic rings. The summed E-state index contributed by atoms with van der Waals surface area (Å²) in [6, 6.07) is 0.567. The van der Waals surface area contributed by atoms with E-state index < -0.39 is 0 Å². The highest BCUT2D eigenvalue weighted by molar-refractivity contribution is 7.15. The van der Waals surface area contributed by atoms with Crippen LogP contribution in [0.1, 0.15) is 32.2 Å². The van der Waals surface area contributed by atoms with Gasteiger partial charge in [-0.1, -0.05) is 32.4 Å². The van der Waals surface area contributed by atoms with Gasteiger partial charge in [0, 0.05) is 12.6 Å². The minimum atomic E-state index is 0.567. The number of thiazole rings is 1. The topological polar surface area (TPSA) is 24.9 Å². The van der Waals surface area contributed by atoms with Crippen molar-refractivity contribution in [1.29, 1.82) is 0 Å². The molecule has 1 atom stereocenters. The van der Waals surface area contributed by atoms with E-state index in [1.165, 1.54) is 0 Å². The Labute approximate surface area is 94.7 Å². The van der Waals surface area contributed by atoms with E-state index in [0.29, 0.717) is 12.0 Å². The number of aromatic nitrogens is 1. The van der Waals surface area contributed by atoms with Gasteiger partial charge in [-0.3, -0.25) is 0 Å². The summed E-state index contributed by atoms with van der Waals surface area (Å²) in [5, 5.41) is 4.55. The Kier molecular flexibility index (Phi) is 4.85. The smallest absolute Gasteiger partial charge is 0.113 e. The maximum atomic E-state index is 5.80. The second-order valence-electron chi connectivity index (χ2n) is 3.70. The Balaban J connectivity index is 2.39. The number of hydrogen-bond acceptors (Lipinski definition) is 3. The molecule has 0 saturated heterocycles. The Morgan fingerprint density at radius 3 is 2.71 bits per heavy atom. The molecule has 0 spiro atoms. The second kappa shape index (κ2) is 5.69. The number of rotatable bonds is 5. The van der Waals surface area contributed by atoms with E-state index in [2.05, 4.69) is 31.1 Å². The van der Waals surface area contributed by atoms with Crippen LogP contribution in [0.5, 0.6) is 0 Å². The molecule has 2 nitrogen and oxygen atoms in total. The number of nitrogens with one attached hydrogen (secondary N) is 1. The second-order valence-corrected chi connectivity index (χ2v) is 5.44. The van der Waals surface area contributed by atoms with Gasteiger partial charge in [0.2, 0.25) is 0 Å². The first-order valence-electron chi connectivity index (χ1n) is 4.97. The molecule has 0 saturated carbocycles. The minimum Gasteiger partial charge on any atom is -0.307 e. The maximum absolute atomic E-state index is 5.80. The van der Waals surface area contributed by atoms with E-state index in [1.807, 2.05) is 0 Å². The third kappa shape index (κ3) is 3.56. The molecule has 4 heteroatoms. The predicted octanol–water partition coefficient (Wildman–Crippen LogP) is 3.32. The number of nitrogens with zero attached hydrogens (tertiary/aromatic N) is 1. The Hall–Kier alpha value is -0.120. The summed E-state index contributed by atoms with van der Waals surface area (Å²) in [6.07, 6.45) is 2.86. The van der Waals surface area contributed by atoms with Crippen LogP contribution in [-0.4, -0.2) is 11.0 Å². The monoisotopic (exact) mass is 232 g/mol. The molecule has 0 fully saturated rings. The molecule has 0 aromatic carbocycles. The molecule has 1 rings (SSSR count). The van der Waals surface area contributed by atoms with Gasteiger partial charge in [0.15, 0.2) is 0 Å². The van der Waals surface area contributed by atoms with Crippen LogP contribution in [0.4, 0.5) is 0 Å². The van der Waals surface area contributed by atoms with Crippen LogP contribution in [0, 0.1) is 5.92 Å². The molecular weight excluding hydrogens is 216 g/mol. The highest BCUT2D eigenvalue weighted by Crippen LogP contribution is 2.18. The zero-order valence-electron chi connectivity index (χ0n) is 8.88. The molecule has 1 aromatic heterocycles. The summed E-state index contributed by atoms with van der Waals surface area (Å²) in [5.41, 5.74) is 0. The summed E-state index contributed by atoms with van der Waals surface area (Å²) < 4.78 is 0.763. The van der Waals surface area contributed by atoms with Crippen molar-refractivity contribution in [3.05, 3.63) is 15.5 Å². The predicted molar refractivity (Wildman–Crippen MR) is 62.9 cm³/mol. The molecule has 1 N–H and O–H groups in total. The van der Waals surface area contributed by atoms with E-state index in [9.17, 15) is 0 Å². The average Bonchev–Trinajstić information content (AvgIpc) is 2.52. The van der Waals surface area contributed by atoms with Crippen LogP contribution in [0.2, 0.25) is 4.34 Å². The highest BCUT2D eigenvalue weighted by Gasteiger charge is 2.10. The average molecular weight is 233 g/mol. The molecule has 1 unspecified atom stereocenters. The van der Waals surface area contributed by atoms with Crippen molar-refractivity contribution in [2.24, 2.45) is 5.92 Å². The van der Waals surface area contributed by atoms with Gasteiger partial charge in [-0.05, 0) is 12.3 Å². The molecule has 0 aliphatic heterocycles. The lowest BCUT2D eigenvalue weighted by Crippen LogP contribution is -2.32. The molecular formula is C10H17ClN2S. The maximum Gasteiger partial charge on any atom is 0.113 e. The fourth-order valence-electron chi connectivity index (χ4n) is 1.44. The van der Waals surface area contributed by atoms with Crippen molar-refractivity contribution in [2.45, 2.75) is 39.8 Å². The van der Waals surface area contributed by atoms with Crippen LogP contribution in [0.15, 0.2) is 6.20 Å². The van der Waals surface area contributed by atoms with Gasteiger partial charge in [0.25, 0.3) is 0 Å². The van der Waals surface area contributed by atoms with Crippen molar-refractivity contribution >= 4 is 22.9 Å². The Morgan fingerprint density at radius 1 is 1.57 bits per heavy atom. The fraction of sp³-hybridized carbons (Fsp3) is 0.700. The summed E-state index contributed by atoms with van der Waals surface area (Å²) >= 11 is 7.34. The van der Waals surface area contributed by atoms with E-state index >= 15 is 0 Å². The first kappa shape index (κ1) is 12.0. The molecule has 1 heterocycles. The Bertz CT molecular complexity index is 273. The number of halogens is 1. The van der Waals surface area contributed by atoms with E-state index in [1.54, 1.807) is 17.5 Å². The Morgan fingerprint density at radius 2 is 2.29 bits per heavy atom. The van der Waals surface area contributed by atoms with Crippen molar-refractivity contribution in [3.8, 4) is 0 Å². The summed E-state index contributed by atoms with van der Waals surface area (Å²) in [7, 11) is 0. The zero-order chi connectivity index (χ0) is 10.6. The molecule has 0 radical (unpaired) electrons. The van der Waals surface area contributed by atoms with Crippen molar-refractivity contribution in [1.82, 2.24) is 10.3 Å². The lowest BCUT2D eigenvalue weighted by molar-refractivity contribution is 0.387. The third-order valence-electron chi connectivity index (χ3n) is 2.29. The van der Waals surface area contributed by atoms with Crippen LogP contribution < -0.4 is 5.32 Å². The van der Waals surface area contributed by atoms with Crippen LogP contribution in [0.3, 0.4) is 0 Å². The molecule has 80 valence electrons. The lowest BCUT2D eigenvalue weighted by Gasteiger charge is -2.19. The van der Waals surface area contributed by atoms with Gasteiger partial charge in [-0.15, -0.1) is 11.3 Å². The van der Waals surface area contributed by atoms with Crippen molar-refractivity contribution in [2.75, 3.05) is 0 Å². The van der Waals surface area contributed by atoms with Crippen molar-refractivity contribution < 1.29 is 0 Å². The molecule has 0 amide bonds. The summed E-state index contributed by atoms with van der Waals surface area (Å²) in [4.78, 5) is 4.21. The molecule has 0 bridgehead atoms. The zero-order valence-corrected chi connectivity index (χ0v) is 10.5. The van der Waals surface area contributed by atoms with Gasteiger partial charge < -0.3 is 5.32 Å². The minimum absolute atomic E-state index is 0.567. The molecule has 14 heavy (non-hydrogen) atoms. The van der Waals surface area contributed by atoms with Gasteiger partial charge >= 0.3 is 0 Å². The van der Waals surface area contributed by atoms with E-state index in [-0.39, 0.29) is 0 Å². The van der Waals surface area contributed by atoms with Gasteiger partial charge in [-0.2, -0.15) is 0 Å². The number of hydrogen-bond donors (Lipinski definition) is 1. The van der Waals surface area contributed by atoms with Crippen molar-refractivity contribution in [3.63, 3.8) is 0 Å². The fourth-order valence-corrected chi connectivity index (χ4v) is 2.35. The van der Waals surface area contributed by atoms with Gasteiger partial charge in [0.05, 0.1) is 6.20 Å². The lowest BCUT2D eigenvalue weighted by atomic mass is 10.0. The van der Waals surface area contributed by atoms with Gasteiger partial charge in [0.1, 0.15) is 9.34 Å². The quantitative estimate of drug-likeness (QED) is 0.843. The van der Waals surface area contributed by atoms with E-state index in [4.69, 9.17) is 11.6 Å². The largest absolute Gasteiger partial charge is 0.307 e. The normalized spacial score (nSPS) is 13.5.